The number of anilines is 2. The SMILES string of the molecule is COC(=O)Nc1ccc(-c2cn(C(CC3CC3)c3ccc(-c4c(N)ccc(Cl)c4F)cn3)nn2)cc1. The molecule has 10 heteroatoms. The van der Waals surface area contributed by atoms with Gasteiger partial charge in [0.25, 0.3) is 0 Å². The van der Waals surface area contributed by atoms with E-state index in [-0.39, 0.29) is 16.6 Å². The standard InChI is InChI=1S/C26H24ClFN6O2/c1-36-26(35)31-18-7-4-16(5-8-18)22-14-34(33-32-22)23(12-15-2-3-15)21-11-6-17(13-30-21)24-20(29)10-9-19(27)25(24)28/h4-11,13-15,23H,2-3,12,29H2,1H3,(H,31,35). The number of nitrogens with zero attached hydrogens (tertiary/aromatic N) is 4. The lowest BCUT2D eigenvalue weighted by Gasteiger charge is -2.17. The Kier molecular flexibility index (Phi) is 6.56. The molecule has 0 aliphatic heterocycles. The number of hydrogen-bond donors (Lipinski definition) is 2. The maximum absolute atomic E-state index is 14.6. The predicted octanol–water partition coefficient (Wildman–Crippen LogP) is 5.95. The topological polar surface area (TPSA) is 108 Å². The third kappa shape index (κ3) is 5.01. The van der Waals surface area contributed by atoms with Crippen LogP contribution < -0.4 is 11.1 Å². The third-order valence-electron chi connectivity index (χ3n) is 6.24. The van der Waals surface area contributed by atoms with Crippen LogP contribution in [0.1, 0.15) is 31.0 Å². The van der Waals surface area contributed by atoms with Crippen molar-refractivity contribution in [2.45, 2.75) is 25.3 Å². The van der Waals surface area contributed by atoms with Gasteiger partial charge < -0.3 is 10.5 Å². The highest BCUT2D eigenvalue weighted by Gasteiger charge is 2.29. The first-order chi connectivity index (χ1) is 17.4. The molecule has 1 aliphatic carbocycles. The highest BCUT2D eigenvalue weighted by molar-refractivity contribution is 6.31. The third-order valence-corrected chi connectivity index (χ3v) is 6.53. The monoisotopic (exact) mass is 506 g/mol. The van der Waals surface area contributed by atoms with Crippen molar-refractivity contribution in [1.82, 2.24) is 20.0 Å². The Morgan fingerprint density at radius 2 is 1.94 bits per heavy atom. The highest BCUT2D eigenvalue weighted by Crippen LogP contribution is 2.39. The molecule has 0 radical (unpaired) electrons. The molecule has 0 spiro atoms. The number of rotatable bonds is 7. The van der Waals surface area contributed by atoms with Crippen molar-refractivity contribution in [2.24, 2.45) is 5.92 Å². The van der Waals surface area contributed by atoms with E-state index in [1.807, 2.05) is 29.1 Å². The van der Waals surface area contributed by atoms with Crippen molar-refractivity contribution >= 4 is 29.1 Å². The fourth-order valence-electron chi connectivity index (χ4n) is 4.10. The molecular weight excluding hydrogens is 483 g/mol. The summed E-state index contributed by atoms with van der Waals surface area (Å²) < 4.78 is 21.1. The number of hydrogen-bond acceptors (Lipinski definition) is 6. The first-order valence-corrected chi connectivity index (χ1v) is 11.9. The van der Waals surface area contributed by atoms with E-state index in [4.69, 9.17) is 17.3 Å². The van der Waals surface area contributed by atoms with Crippen LogP contribution in [0.4, 0.5) is 20.6 Å². The number of ether oxygens (including phenoxy) is 1. The Balaban J connectivity index is 1.40. The maximum Gasteiger partial charge on any atom is 0.411 e. The summed E-state index contributed by atoms with van der Waals surface area (Å²) in [5, 5.41) is 11.4. The number of nitrogen functional groups attached to an aromatic ring is 1. The molecule has 5 rings (SSSR count). The summed E-state index contributed by atoms with van der Waals surface area (Å²) in [6.45, 7) is 0. The molecule has 0 bridgehead atoms. The van der Waals surface area contributed by atoms with Crippen LogP contribution in [0.2, 0.25) is 5.02 Å². The van der Waals surface area contributed by atoms with E-state index in [1.54, 1.807) is 30.5 Å². The molecule has 1 saturated carbocycles. The minimum atomic E-state index is -0.561. The van der Waals surface area contributed by atoms with Gasteiger partial charge in [0.1, 0.15) is 5.69 Å². The van der Waals surface area contributed by atoms with E-state index in [0.717, 1.165) is 17.7 Å². The van der Waals surface area contributed by atoms with Gasteiger partial charge in [0.2, 0.25) is 0 Å². The first-order valence-electron chi connectivity index (χ1n) is 11.5. The Hall–Kier alpha value is -3.98. The van der Waals surface area contributed by atoms with Gasteiger partial charge in [-0.15, -0.1) is 5.10 Å². The van der Waals surface area contributed by atoms with Gasteiger partial charge in [0.15, 0.2) is 5.82 Å². The van der Waals surface area contributed by atoms with Crippen molar-refractivity contribution in [1.29, 1.82) is 0 Å². The molecule has 1 amide bonds. The Bertz CT molecular complexity index is 1390. The lowest BCUT2D eigenvalue weighted by atomic mass is 10.0. The second kappa shape index (κ2) is 9.94. The number of carbonyl (C=O) groups is 1. The molecule has 36 heavy (non-hydrogen) atoms. The molecule has 1 atom stereocenters. The van der Waals surface area contributed by atoms with Gasteiger partial charge in [-0.1, -0.05) is 47.9 Å². The number of aromatic nitrogens is 4. The largest absolute Gasteiger partial charge is 0.453 e. The Morgan fingerprint density at radius 3 is 2.61 bits per heavy atom. The fraction of sp³-hybridized carbons (Fsp3) is 0.231. The first kappa shape index (κ1) is 23.7. The zero-order valence-electron chi connectivity index (χ0n) is 19.5. The minimum absolute atomic E-state index is 0.0131. The van der Waals surface area contributed by atoms with Gasteiger partial charge in [-0.3, -0.25) is 10.3 Å². The van der Waals surface area contributed by atoms with Crippen LogP contribution in [0.15, 0.2) is 60.9 Å². The van der Waals surface area contributed by atoms with E-state index < -0.39 is 11.9 Å². The molecule has 0 saturated heterocycles. The number of methoxy groups -OCH3 is 1. The van der Waals surface area contributed by atoms with Gasteiger partial charge in [0.05, 0.1) is 30.1 Å². The fourth-order valence-corrected chi connectivity index (χ4v) is 4.25. The van der Waals surface area contributed by atoms with Crippen molar-refractivity contribution in [3.8, 4) is 22.4 Å². The summed E-state index contributed by atoms with van der Waals surface area (Å²) in [6.07, 6.45) is 6.20. The molecule has 3 N–H and O–H groups in total. The lowest BCUT2D eigenvalue weighted by molar-refractivity contribution is 0.187. The van der Waals surface area contributed by atoms with Crippen LogP contribution in [-0.4, -0.2) is 33.2 Å². The number of nitrogens with two attached hydrogens (primary N) is 1. The summed E-state index contributed by atoms with van der Waals surface area (Å²) in [5.74, 6) is 0.0447. The van der Waals surface area contributed by atoms with Crippen molar-refractivity contribution in [3.05, 3.63) is 77.5 Å². The summed E-state index contributed by atoms with van der Waals surface area (Å²) >= 11 is 5.96. The van der Waals surface area contributed by atoms with Crippen LogP contribution in [0.5, 0.6) is 0 Å². The summed E-state index contributed by atoms with van der Waals surface area (Å²) in [6, 6.07) is 13.8. The summed E-state index contributed by atoms with van der Waals surface area (Å²) in [7, 11) is 1.31. The number of halogens is 2. The van der Waals surface area contributed by atoms with Crippen molar-refractivity contribution < 1.29 is 13.9 Å². The maximum atomic E-state index is 14.6. The summed E-state index contributed by atoms with van der Waals surface area (Å²) in [4.78, 5) is 16.0. The molecule has 184 valence electrons. The second-order valence-corrected chi connectivity index (χ2v) is 9.18. The zero-order chi connectivity index (χ0) is 25.2. The molecule has 2 aromatic carbocycles. The molecular formula is C26H24ClFN6O2. The summed E-state index contributed by atoms with van der Waals surface area (Å²) in [5.41, 5.74) is 10.1. The van der Waals surface area contributed by atoms with Crippen molar-refractivity contribution in [2.75, 3.05) is 18.2 Å². The molecule has 4 aromatic rings. The number of amides is 1. The van der Waals surface area contributed by atoms with Crippen molar-refractivity contribution in [3.63, 3.8) is 0 Å². The van der Waals surface area contributed by atoms with E-state index in [2.05, 4.69) is 25.3 Å². The molecule has 1 unspecified atom stereocenters. The average molecular weight is 507 g/mol. The van der Waals surface area contributed by atoms with E-state index in [1.165, 1.54) is 26.0 Å². The zero-order valence-corrected chi connectivity index (χ0v) is 20.2. The molecule has 8 nitrogen and oxygen atoms in total. The second-order valence-electron chi connectivity index (χ2n) is 8.77. The van der Waals surface area contributed by atoms with Crippen LogP contribution >= 0.6 is 11.6 Å². The molecule has 2 heterocycles. The number of nitrogens with one attached hydrogen (secondary N) is 1. The van der Waals surface area contributed by atoms with Gasteiger partial charge >= 0.3 is 6.09 Å². The van der Waals surface area contributed by atoms with Gasteiger partial charge in [0, 0.05) is 34.3 Å². The van der Waals surface area contributed by atoms with Crippen LogP contribution in [0.25, 0.3) is 22.4 Å². The number of benzene rings is 2. The average Bonchev–Trinajstić information content (AvgIpc) is 3.59. The minimum Gasteiger partial charge on any atom is -0.453 e. The van der Waals surface area contributed by atoms with E-state index >= 15 is 0 Å². The smallest absolute Gasteiger partial charge is 0.411 e. The highest BCUT2D eigenvalue weighted by atomic mass is 35.5. The van der Waals surface area contributed by atoms with Gasteiger partial charge in [-0.2, -0.15) is 0 Å². The van der Waals surface area contributed by atoms with Gasteiger partial charge in [-0.05, 0) is 42.7 Å². The number of carbonyl (C=O) groups excluding carboxylic acids is 1. The van der Waals surface area contributed by atoms with Crippen LogP contribution in [0, 0.1) is 11.7 Å². The molecule has 2 aromatic heterocycles. The Morgan fingerprint density at radius 1 is 1.19 bits per heavy atom. The normalized spacial score (nSPS) is 13.9. The van der Waals surface area contributed by atoms with Gasteiger partial charge in [-0.25, -0.2) is 13.9 Å². The van der Waals surface area contributed by atoms with E-state index in [0.29, 0.717) is 28.6 Å². The lowest BCUT2D eigenvalue weighted by Crippen LogP contribution is -2.14. The predicted molar refractivity (Wildman–Crippen MR) is 136 cm³/mol. The van der Waals surface area contributed by atoms with Crippen LogP contribution in [0.3, 0.4) is 0 Å². The number of pyridine rings is 1. The van der Waals surface area contributed by atoms with Crippen LogP contribution in [-0.2, 0) is 4.74 Å². The van der Waals surface area contributed by atoms with E-state index in [9.17, 15) is 9.18 Å². The Labute approximate surface area is 212 Å². The quantitative estimate of drug-likeness (QED) is 0.300. The molecule has 1 aliphatic rings. The molecule has 1 fully saturated rings.